The first-order valence-electron chi connectivity index (χ1n) is 3.82. The lowest BCUT2D eigenvalue weighted by Crippen LogP contribution is -1.98. The Morgan fingerprint density at radius 1 is 1.58 bits per heavy atom. The van der Waals surface area contributed by atoms with Crippen molar-refractivity contribution in [1.29, 1.82) is 0 Å². The fraction of sp³-hybridized carbons (Fsp3) is 0.444. The first kappa shape index (κ1) is 9.55. The van der Waals surface area contributed by atoms with Crippen LogP contribution in [-0.4, -0.2) is 16.3 Å². The molecule has 12 heavy (non-hydrogen) atoms. The fourth-order valence-corrected chi connectivity index (χ4v) is 1.64. The molecule has 2 nitrogen and oxygen atoms in total. The van der Waals surface area contributed by atoms with Crippen LogP contribution in [0.5, 0.6) is 0 Å². The quantitative estimate of drug-likeness (QED) is 0.775. The zero-order valence-corrected chi connectivity index (χ0v) is 8.19. The molecule has 1 N–H and O–H groups in total. The molecule has 0 bridgehead atoms. The number of pyridine rings is 1. The third-order valence-corrected chi connectivity index (χ3v) is 2.38. The van der Waals surface area contributed by atoms with E-state index >= 15 is 0 Å². The van der Waals surface area contributed by atoms with Gasteiger partial charge in [-0.3, -0.25) is 4.98 Å². The van der Waals surface area contributed by atoms with Crippen LogP contribution >= 0.6 is 11.8 Å². The van der Waals surface area contributed by atoms with Crippen molar-refractivity contribution in [3.05, 3.63) is 29.1 Å². The molecule has 0 saturated carbocycles. The van der Waals surface area contributed by atoms with Gasteiger partial charge in [-0.25, -0.2) is 0 Å². The SMILES string of the molecule is CSCc1nccc(C)c1CO. The molecule has 0 spiro atoms. The summed E-state index contributed by atoms with van der Waals surface area (Å²) in [7, 11) is 0. The molecule has 0 radical (unpaired) electrons. The van der Waals surface area contributed by atoms with Crippen LogP contribution in [-0.2, 0) is 12.4 Å². The van der Waals surface area contributed by atoms with E-state index in [1.54, 1.807) is 18.0 Å². The second-order valence-corrected chi connectivity index (χ2v) is 3.51. The number of hydrogen-bond donors (Lipinski definition) is 1. The summed E-state index contributed by atoms with van der Waals surface area (Å²) in [6, 6.07) is 1.93. The summed E-state index contributed by atoms with van der Waals surface area (Å²) >= 11 is 1.72. The van der Waals surface area contributed by atoms with Gasteiger partial charge in [0.05, 0.1) is 12.3 Å². The Morgan fingerprint density at radius 2 is 2.33 bits per heavy atom. The summed E-state index contributed by atoms with van der Waals surface area (Å²) in [5, 5.41) is 9.08. The number of aliphatic hydroxyl groups is 1. The van der Waals surface area contributed by atoms with Gasteiger partial charge in [0.25, 0.3) is 0 Å². The molecule has 1 rings (SSSR count). The molecule has 1 aromatic heterocycles. The Labute approximate surface area is 77.0 Å². The maximum absolute atomic E-state index is 9.08. The Balaban J connectivity index is 3.00. The van der Waals surface area contributed by atoms with Crippen molar-refractivity contribution in [2.45, 2.75) is 19.3 Å². The summed E-state index contributed by atoms with van der Waals surface area (Å²) < 4.78 is 0. The van der Waals surface area contributed by atoms with E-state index in [9.17, 15) is 0 Å². The van der Waals surface area contributed by atoms with Gasteiger partial charge in [-0.15, -0.1) is 0 Å². The predicted octanol–water partition coefficient (Wildman–Crippen LogP) is 1.75. The van der Waals surface area contributed by atoms with Crippen LogP contribution in [0.3, 0.4) is 0 Å². The highest BCUT2D eigenvalue weighted by Crippen LogP contribution is 2.15. The van der Waals surface area contributed by atoms with Crippen molar-refractivity contribution in [3.63, 3.8) is 0 Å². The van der Waals surface area contributed by atoms with E-state index < -0.39 is 0 Å². The maximum Gasteiger partial charge on any atom is 0.0702 e. The third-order valence-electron chi connectivity index (χ3n) is 1.82. The van der Waals surface area contributed by atoms with Crippen LogP contribution in [0, 0.1) is 6.92 Å². The minimum atomic E-state index is 0.0928. The third kappa shape index (κ3) is 1.99. The summed E-state index contributed by atoms with van der Waals surface area (Å²) in [5.41, 5.74) is 3.11. The first-order valence-corrected chi connectivity index (χ1v) is 5.22. The molecular formula is C9H13NOS. The Bertz CT molecular complexity index is 263. The van der Waals surface area contributed by atoms with Crippen LogP contribution < -0.4 is 0 Å². The van der Waals surface area contributed by atoms with Crippen LogP contribution in [0.4, 0.5) is 0 Å². The molecule has 0 aliphatic carbocycles. The van der Waals surface area contributed by atoms with Crippen LogP contribution in [0.1, 0.15) is 16.8 Å². The molecule has 0 aliphatic rings. The number of aromatic nitrogens is 1. The first-order chi connectivity index (χ1) is 5.79. The van der Waals surface area contributed by atoms with E-state index in [1.807, 2.05) is 19.2 Å². The highest BCUT2D eigenvalue weighted by atomic mass is 32.2. The normalized spacial score (nSPS) is 10.2. The lowest BCUT2D eigenvalue weighted by atomic mass is 10.1. The average molecular weight is 183 g/mol. The number of aliphatic hydroxyl groups excluding tert-OH is 1. The van der Waals surface area contributed by atoms with Crippen molar-refractivity contribution in [2.24, 2.45) is 0 Å². The van der Waals surface area contributed by atoms with E-state index in [2.05, 4.69) is 4.98 Å². The number of thioether (sulfide) groups is 1. The molecule has 0 aromatic carbocycles. The predicted molar refractivity (Wildman–Crippen MR) is 52.1 cm³/mol. The number of nitrogens with zero attached hydrogens (tertiary/aromatic N) is 1. The summed E-state index contributed by atoms with van der Waals surface area (Å²) in [6.45, 7) is 2.09. The molecule has 0 fully saturated rings. The maximum atomic E-state index is 9.08. The van der Waals surface area contributed by atoms with Crippen LogP contribution in [0.2, 0.25) is 0 Å². The number of hydrogen-bond acceptors (Lipinski definition) is 3. The topological polar surface area (TPSA) is 33.1 Å². The van der Waals surface area contributed by atoms with Crippen LogP contribution in [0.25, 0.3) is 0 Å². The standard InChI is InChI=1S/C9H13NOS/c1-7-3-4-10-9(6-12-2)8(7)5-11/h3-4,11H,5-6H2,1-2H3. The van der Waals surface area contributed by atoms with Crippen molar-refractivity contribution in [2.75, 3.05) is 6.26 Å². The molecule has 0 amide bonds. The molecule has 66 valence electrons. The molecule has 1 aromatic rings. The van der Waals surface area contributed by atoms with Crippen molar-refractivity contribution < 1.29 is 5.11 Å². The van der Waals surface area contributed by atoms with Gasteiger partial charge in [-0.05, 0) is 24.8 Å². The molecule has 3 heteroatoms. The number of rotatable bonds is 3. The second-order valence-electron chi connectivity index (χ2n) is 2.64. The monoisotopic (exact) mass is 183 g/mol. The van der Waals surface area contributed by atoms with E-state index in [4.69, 9.17) is 5.11 Å². The highest BCUT2D eigenvalue weighted by Gasteiger charge is 2.04. The lowest BCUT2D eigenvalue weighted by Gasteiger charge is -2.07. The Hall–Kier alpha value is -0.540. The van der Waals surface area contributed by atoms with Crippen LogP contribution in [0.15, 0.2) is 12.3 Å². The summed E-state index contributed by atoms with van der Waals surface area (Å²) in [5.74, 6) is 0.873. The average Bonchev–Trinajstić information content (AvgIpc) is 2.05. The zero-order valence-electron chi connectivity index (χ0n) is 7.37. The molecule has 0 saturated heterocycles. The van der Waals surface area contributed by atoms with E-state index in [0.717, 1.165) is 22.6 Å². The van der Waals surface area contributed by atoms with Gasteiger partial charge in [0.15, 0.2) is 0 Å². The van der Waals surface area contributed by atoms with Gasteiger partial charge in [-0.1, -0.05) is 0 Å². The molecule has 0 aliphatic heterocycles. The highest BCUT2D eigenvalue weighted by molar-refractivity contribution is 7.97. The van der Waals surface area contributed by atoms with Gasteiger partial charge in [-0.2, -0.15) is 11.8 Å². The van der Waals surface area contributed by atoms with Crippen molar-refractivity contribution in [1.82, 2.24) is 4.98 Å². The fourth-order valence-electron chi connectivity index (χ4n) is 1.12. The minimum absolute atomic E-state index is 0.0928. The van der Waals surface area contributed by atoms with E-state index in [-0.39, 0.29) is 6.61 Å². The summed E-state index contributed by atoms with van der Waals surface area (Å²) in [4.78, 5) is 4.22. The number of aryl methyl sites for hydroxylation is 1. The van der Waals surface area contributed by atoms with Gasteiger partial charge >= 0.3 is 0 Å². The van der Waals surface area contributed by atoms with Gasteiger partial charge in [0.1, 0.15) is 0 Å². The second kappa shape index (κ2) is 4.48. The van der Waals surface area contributed by atoms with Gasteiger partial charge in [0, 0.05) is 17.5 Å². The van der Waals surface area contributed by atoms with E-state index in [1.165, 1.54) is 0 Å². The minimum Gasteiger partial charge on any atom is -0.392 e. The van der Waals surface area contributed by atoms with Crippen molar-refractivity contribution >= 4 is 11.8 Å². The Morgan fingerprint density at radius 3 is 2.92 bits per heavy atom. The smallest absolute Gasteiger partial charge is 0.0702 e. The summed E-state index contributed by atoms with van der Waals surface area (Å²) in [6.07, 6.45) is 3.82. The molecule has 0 atom stereocenters. The zero-order chi connectivity index (χ0) is 8.97. The lowest BCUT2D eigenvalue weighted by molar-refractivity contribution is 0.279. The molecular weight excluding hydrogens is 170 g/mol. The molecule has 1 heterocycles. The Kier molecular flexibility index (Phi) is 3.56. The van der Waals surface area contributed by atoms with Gasteiger partial charge in [0.2, 0.25) is 0 Å². The van der Waals surface area contributed by atoms with Crippen molar-refractivity contribution in [3.8, 4) is 0 Å². The van der Waals surface area contributed by atoms with E-state index in [0.29, 0.717) is 0 Å². The van der Waals surface area contributed by atoms with Gasteiger partial charge < -0.3 is 5.11 Å². The molecule has 0 unspecified atom stereocenters. The largest absolute Gasteiger partial charge is 0.392 e.